The Kier molecular flexibility index (Phi) is 5.84. The maximum absolute atomic E-state index is 12.6. The van der Waals surface area contributed by atoms with Gasteiger partial charge in [0, 0.05) is 42.3 Å². The van der Waals surface area contributed by atoms with Crippen LogP contribution in [0.2, 0.25) is 0 Å². The molecule has 0 saturated carbocycles. The largest absolute Gasteiger partial charge is 0.497 e. The van der Waals surface area contributed by atoms with E-state index in [0.717, 1.165) is 22.0 Å². The number of rotatable bonds is 7. The van der Waals surface area contributed by atoms with Gasteiger partial charge in [-0.15, -0.1) is 0 Å². The second kappa shape index (κ2) is 9.04. The number of nitrogens with one attached hydrogen (secondary N) is 3. The summed E-state index contributed by atoms with van der Waals surface area (Å²) in [5.41, 5.74) is 2.24. The van der Waals surface area contributed by atoms with Crippen molar-refractivity contribution in [2.45, 2.75) is 0 Å². The normalized spacial score (nSPS) is 10.5. The van der Waals surface area contributed by atoms with E-state index in [1.54, 1.807) is 38.8 Å². The molecular formula is C22H21N7O2. The Bertz CT molecular complexity index is 1220. The second-order valence-corrected chi connectivity index (χ2v) is 6.60. The van der Waals surface area contributed by atoms with Gasteiger partial charge < -0.3 is 20.7 Å². The van der Waals surface area contributed by atoms with Gasteiger partial charge in [-0.3, -0.25) is 4.79 Å². The summed E-state index contributed by atoms with van der Waals surface area (Å²) in [5, 5.41) is 10.6. The molecule has 0 spiro atoms. The molecule has 0 unspecified atom stereocenters. The van der Waals surface area contributed by atoms with Crippen LogP contribution in [-0.2, 0) is 4.79 Å². The van der Waals surface area contributed by atoms with Crippen molar-refractivity contribution >= 4 is 34.3 Å². The van der Waals surface area contributed by atoms with Gasteiger partial charge in [-0.25, -0.2) is 19.9 Å². The van der Waals surface area contributed by atoms with E-state index in [0.29, 0.717) is 23.3 Å². The summed E-state index contributed by atoms with van der Waals surface area (Å²) < 4.78 is 5.36. The molecular weight excluding hydrogens is 394 g/mol. The molecule has 0 saturated heterocycles. The number of hydrogen-bond donors (Lipinski definition) is 3. The summed E-state index contributed by atoms with van der Waals surface area (Å²) in [6.45, 7) is 0.0249. The predicted octanol–water partition coefficient (Wildman–Crippen LogP) is 3.19. The van der Waals surface area contributed by atoms with E-state index >= 15 is 0 Å². The van der Waals surface area contributed by atoms with Gasteiger partial charge >= 0.3 is 0 Å². The van der Waals surface area contributed by atoms with Gasteiger partial charge in [-0.05, 0) is 41.8 Å². The Labute approximate surface area is 178 Å². The lowest BCUT2D eigenvalue weighted by molar-refractivity contribution is -0.114. The zero-order valence-corrected chi connectivity index (χ0v) is 17.1. The van der Waals surface area contributed by atoms with Crippen LogP contribution in [0.25, 0.3) is 22.0 Å². The zero-order chi connectivity index (χ0) is 21.6. The van der Waals surface area contributed by atoms with Crippen molar-refractivity contribution in [3.05, 3.63) is 61.1 Å². The van der Waals surface area contributed by atoms with Crippen molar-refractivity contribution in [2.75, 3.05) is 36.7 Å². The molecule has 0 aliphatic heterocycles. The van der Waals surface area contributed by atoms with Crippen LogP contribution in [0.4, 0.5) is 17.6 Å². The van der Waals surface area contributed by atoms with Gasteiger partial charge in [0.2, 0.25) is 17.8 Å². The number of hydrogen-bond acceptors (Lipinski definition) is 8. The number of amides is 1. The highest BCUT2D eigenvalue weighted by Crippen LogP contribution is 2.33. The van der Waals surface area contributed by atoms with Gasteiger partial charge in [0.15, 0.2) is 0 Å². The Morgan fingerprint density at radius 3 is 2.58 bits per heavy atom. The predicted molar refractivity (Wildman–Crippen MR) is 120 cm³/mol. The Morgan fingerprint density at radius 1 is 1.00 bits per heavy atom. The van der Waals surface area contributed by atoms with Gasteiger partial charge in [0.25, 0.3) is 0 Å². The summed E-state index contributed by atoms with van der Waals surface area (Å²) in [6.07, 6.45) is 4.91. The van der Waals surface area contributed by atoms with Crippen LogP contribution in [-0.4, -0.2) is 46.5 Å². The Morgan fingerprint density at radius 2 is 1.81 bits per heavy atom. The van der Waals surface area contributed by atoms with E-state index in [4.69, 9.17) is 4.74 Å². The van der Waals surface area contributed by atoms with Gasteiger partial charge in [-0.2, -0.15) is 0 Å². The van der Waals surface area contributed by atoms with Crippen molar-refractivity contribution < 1.29 is 9.53 Å². The van der Waals surface area contributed by atoms with E-state index in [1.165, 1.54) is 0 Å². The second-order valence-electron chi connectivity index (χ2n) is 6.60. The molecule has 0 bridgehead atoms. The fourth-order valence-corrected chi connectivity index (χ4v) is 3.10. The molecule has 9 heteroatoms. The number of carbonyl (C=O) groups excluding carboxylic acids is 1. The third kappa shape index (κ3) is 4.67. The highest BCUT2D eigenvalue weighted by Gasteiger charge is 2.12. The molecule has 156 valence electrons. The van der Waals surface area contributed by atoms with Crippen LogP contribution in [0.15, 0.2) is 61.1 Å². The number of aromatic nitrogens is 4. The van der Waals surface area contributed by atoms with Gasteiger partial charge in [0.1, 0.15) is 5.75 Å². The molecule has 0 atom stereocenters. The summed E-state index contributed by atoms with van der Waals surface area (Å²) in [5.74, 6) is 1.38. The minimum absolute atomic E-state index is 0.0249. The molecule has 2 heterocycles. The lowest BCUT2D eigenvalue weighted by atomic mass is 10.0. The minimum Gasteiger partial charge on any atom is -0.497 e. The van der Waals surface area contributed by atoms with Crippen molar-refractivity contribution in [3.8, 4) is 17.0 Å². The highest BCUT2D eigenvalue weighted by atomic mass is 16.5. The average molecular weight is 415 g/mol. The van der Waals surface area contributed by atoms with Gasteiger partial charge in [-0.1, -0.05) is 6.07 Å². The fourth-order valence-electron chi connectivity index (χ4n) is 3.10. The molecule has 1 amide bonds. The molecule has 2 aromatic carbocycles. The molecule has 4 aromatic rings. The Balaban J connectivity index is 1.68. The fraction of sp³-hybridized carbons (Fsp3) is 0.136. The standard InChI is InChI=1S/C22H21N7O2/c1-23-21-26-9-6-18(29-21)15-10-14-4-5-16(31-2)12-17(14)19(11-15)28-20(30)13-27-22-24-7-3-8-25-22/h3-12H,13H2,1-2H3,(H,28,30)(H,23,26,29)(H,24,25,27). The number of nitrogens with zero attached hydrogens (tertiary/aromatic N) is 4. The van der Waals surface area contributed by atoms with Crippen LogP contribution < -0.4 is 20.7 Å². The quantitative estimate of drug-likeness (QED) is 0.422. The van der Waals surface area contributed by atoms with Crippen molar-refractivity contribution in [1.82, 2.24) is 19.9 Å². The lowest BCUT2D eigenvalue weighted by Gasteiger charge is -2.13. The molecule has 9 nitrogen and oxygen atoms in total. The summed E-state index contributed by atoms with van der Waals surface area (Å²) in [6, 6.07) is 13.2. The molecule has 3 N–H and O–H groups in total. The first-order chi connectivity index (χ1) is 15.2. The first-order valence-electron chi connectivity index (χ1n) is 9.60. The maximum Gasteiger partial charge on any atom is 0.243 e. The summed E-state index contributed by atoms with van der Waals surface area (Å²) >= 11 is 0. The minimum atomic E-state index is -0.229. The Hall–Kier alpha value is -4.27. The lowest BCUT2D eigenvalue weighted by Crippen LogP contribution is -2.22. The van der Waals surface area contributed by atoms with Crippen LogP contribution in [0.3, 0.4) is 0 Å². The topological polar surface area (TPSA) is 114 Å². The monoisotopic (exact) mass is 415 g/mol. The van der Waals surface area contributed by atoms with E-state index < -0.39 is 0 Å². The zero-order valence-electron chi connectivity index (χ0n) is 17.1. The first-order valence-corrected chi connectivity index (χ1v) is 9.60. The number of methoxy groups -OCH3 is 1. The smallest absolute Gasteiger partial charge is 0.243 e. The average Bonchev–Trinajstić information content (AvgIpc) is 2.83. The maximum atomic E-state index is 12.6. The molecule has 0 fully saturated rings. The molecule has 4 rings (SSSR count). The van der Waals surface area contributed by atoms with Gasteiger partial charge in [0.05, 0.1) is 19.3 Å². The highest BCUT2D eigenvalue weighted by molar-refractivity contribution is 6.05. The number of anilines is 3. The molecule has 2 aromatic heterocycles. The molecule has 0 aliphatic rings. The number of benzene rings is 2. The van der Waals surface area contributed by atoms with Crippen LogP contribution >= 0.6 is 0 Å². The number of fused-ring (bicyclic) bond motifs is 1. The van der Waals surface area contributed by atoms with Crippen molar-refractivity contribution in [3.63, 3.8) is 0 Å². The van der Waals surface area contributed by atoms with Crippen molar-refractivity contribution in [2.24, 2.45) is 0 Å². The van der Waals surface area contributed by atoms with Crippen LogP contribution in [0, 0.1) is 0 Å². The number of carbonyl (C=O) groups is 1. The molecule has 31 heavy (non-hydrogen) atoms. The van der Waals surface area contributed by atoms with E-state index in [-0.39, 0.29) is 12.5 Å². The molecule has 0 aliphatic carbocycles. The van der Waals surface area contributed by atoms with Crippen LogP contribution in [0.5, 0.6) is 5.75 Å². The third-order valence-corrected chi connectivity index (χ3v) is 4.58. The first kappa shape index (κ1) is 20.0. The third-order valence-electron chi connectivity index (χ3n) is 4.58. The van der Waals surface area contributed by atoms with E-state index in [2.05, 4.69) is 35.9 Å². The summed E-state index contributed by atoms with van der Waals surface area (Å²) in [4.78, 5) is 29.4. The van der Waals surface area contributed by atoms with E-state index in [9.17, 15) is 4.79 Å². The van der Waals surface area contributed by atoms with Crippen LogP contribution in [0.1, 0.15) is 0 Å². The van der Waals surface area contributed by atoms with E-state index in [1.807, 2.05) is 36.4 Å². The van der Waals surface area contributed by atoms with Crippen molar-refractivity contribution in [1.29, 1.82) is 0 Å². The SMILES string of the molecule is CNc1nccc(-c2cc(NC(=O)CNc3ncccn3)c3cc(OC)ccc3c2)n1. The number of ether oxygens (including phenoxy) is 1. The summed E-state index contributed by atoms with van der Waals surface area (Å²) in [7, 11) is 3.37. The molecule has 0 radical (unpaired) electrons.